The van der Waals surface area contributed by atoms with Crippen LogP contribution in [0.2, 0.25) is 0 Å². The molecule has 0 aromatic rings. The summed E-state index contributed by atoms with van der Waals surface area (Å²) in [7, 11) is 0. The molecule has 1 aliphatic heterocycles. The molecule has 2 aliphatic rings. The lowest BCUT2D eigenvalue weighted by Gasteiger charge is -2.41. The van der Waals surface area contributed by atoms with Crippen molar-refractivity contribution in [2.75, 3.05) is 0 Å². The standard InChI is InChI=1S/C16H31NO/c1-11-5-7-14(18-11)10-12-9-13(16(2,3)4)6-8-15(12)17/h11-15H,5-10,17H2,1-4H3. The molecule has 2 N–H and O–H groups in total. The van der Waals surface area contributed by atoms with Gasteiger partial charge in [0.25, 0.3) is 0 Å². The van der Waals surface area contributed by atoms with Gasteiger partial charge in [-0.3, -0.25) is 0 Å². The summed E-state index contributed by atoms with van der Waals surface area (Å²) in [5, 5.41) is 0. The highest BCUT2D eigenvalue weighted by Gasteiger charge is 2.36. The number of nitrogens with two attached hydrogens (primary N) is 1. The van der Waals surface area contributed by atoms with Gasteiger partial charge in [-0.05, 0) is 62.7 Å². The lowest BCUT2D eigenvalue weighted by atomic mass is 9.66. The Morgan fingerprint density at radius 3 is 2.39 bits per heavy atom. The van der Waals surface area contributed by atoms with Crippen molar-refractivity contribution in [1.29, 1.82) is 0 Å². The normalized spacial score (nSPS) is 42.2. The van der Waals surface area contributed by atoms with E-state index in [9.17, 15) is 0 Å². The van der Waals surface area contributed by atoms with E-state index in [0.29, 0.717) is 29.6 Å². The highest BCUT2D eigenvalue weighted by atomic mass is 16.5. The second kappa shape index (κ2) is 5.50. The van der Waals surface area contributed by atoms with Crippen molar-refractivity contribution in [3.05, 3.63) is 0 Å². The average Bonchev–Trinajstić information content (AvgIpc) is 2.66. The molecule has 0 spiro atoms. The fourth-order valence-electron chi connectivity index (χ4n) is 3.74. The third-order valence-corrected chi connectivity index (χ3v) is 5.15. The minimum Gasteiger partial charge on any atom is -0.375 e. The van der Waals surface area contributed by atoms with E-state index >= 15 is 0 Å². The van der Waals surface area contributed by atoms with Crippen molar-refractivity contribution in [3.63, 3.8) is 0 Å². The van der Waals surface area contributed by atoms with Crippen LogP contribution in [0.5, 0.6) is 0 Å². The third-order valence-electron chi connectivity index (χ3n) is 5.15. The summed E-state index contributed by atoms with van der Waals surface area (Å²) in [5.74, 6) is 1.51. The second-order valence-corrected chi connectivity index (χ2v) is 7.68. The summed E-state index contributed by atoms with van der Waals surface area (Å²) < 4.78 is 5.98. The molecular weight excluding hydrogens is 222 g/mol. The largest absolute Gasteiger partial charge is 0.375 e. The van der Waals surface area contributed by atoms with E-state index in [4.69, 9.17) is 10.5 Å². The summed E-state index contributed by atoms with van der Waals surface area (Å²) in [6.45, 7) is 9.32. The fourth-order valence-corrected chi connectivity index (χ4v) is 3.74. The molecule has 5 atom stereocenters. The van der Waals surface area contributed by atoms with Gasteiger partial charge < -0.3 is 10.5 Å². The Balaban J connectivity index is 1.89. The molecule has 0 amide bonds. The summed E-state index contributed by atoms with van der Waals surface area (Å²) in [5.41, 5.74) is 6.77. The van der Waals surface area contributed by atoms with Gasteiger partial charge in [-0.25, -0.2) is 0 Å². The maximum Gasteiger partial charge on any atom is 0.0583 e. The summed E-state index contributed by atoms with van der Waals surface area (Å²) in [6, 6.07) is 0.406. The van der Waals surface area contributed by atoms with Gasteiger partial charge in [0.15, 0.2) is 0 Å². The maximum atomic E-state index is 6.34. The fraction of sp³-hybridized carbons (Fsp3) is 1.00. The first kappa shape index (κ1) is 14.3. The Kier molecular flexibility index (Phi) is 4.38. The van der Waals surface area contributed by atoms with Gasteiger partial charge in [-0.15, -0.1) is 0 Å². The maximum absolute atomic E-state index is 6.34. The number of ether oxygens (including phenoxy) is 1. The second-order valence-electron chi connectivity index (χ2n) is 7.68. The summed E-state index contributed by atoms with van der Waals surface area (Å²) in [4.78, 5) is 0. The highest BCUT2D eigenvalue weighted by molar-refractivity contribution is 4.89. The predicted molar refractivity (Wildman–Crippen MR) is 76.4 cm³/mol. The first-order valence-corrected chi connectivity index (χ1v) is 7.77. The molecule has 1 aliphatic carbocycles. The zero-order valence-corrected chi connectivity index (χ0v) is 12.6. The number of rotatable bonds is 2. The van der Waals surface area contributed by atoms with Crippen LogP contribution in [0.25, 0.3) is 0 Å². The van der Waals surface area contributed by atoms with Crippen molar-refractivity contribution in [2.24, 2.45) is 23.0 Å². The van der Waals surface area contributed by atoms with Gasteiger partial charge in [0, 0.05) is 6.04 Å². The van der Waals surface area contributed by atoms with Crippen molar-refractivity contribution >= 4 is 0 Å². The van der Waals surface area contributed by atoms with Crippen LogP contribution in [-0.4, -0.2) is 18.2 Å². The van der Waals surface area contributed by atoms with Crippen molar-refractivity contribution < 1.29 is 4.74 Å². The van der Waals surface area contributed by atoms with Crippen LogP contribution in [-0.2, 0) is 4.74 Å². The molecule has 1 saturated heterocycles. The smallest absolute Gasteiger partial charge is 0.0583 e. The Morgan fingerprint density at radius 2 is 1.83 bits per heavy atom. The molecule has 0 radical (unpaired) electrons. The third kappa shape index (κ3) is 3.48. The van der Waals surface area contributed by atoms with Crippen LogP contribution < -0.4 is 5.73 Å². The van der Waals surface area contributed by atoms with E-state index in [1.54, 1.807) is 0 Å². The Hall–Kier alpha value is -0.0800. The monoisotopic (exact) mass is 253 g/mol. The van der Waals surface area contributed by atoms with Crippen LogP contribution in [0.3, 0.4) is 0 Å². The van der Waals surface area contributed by atoms with Crippen LogP contribution >= 0.6 is 0 Å². The van der Waals surface area contributed by atoms with Gasteiger partial charge in [0.2, 0.25) is 0 Å². The molecule has 0 aromatic heterocycles. The molecule has 2 fully saturated rings. The lowest BCUT2D eigenvalue weighted by molar-refractivity contribution is 0.0237. The highest BCUT2D eigenvalue weighted by Crippen LogP contribution is 2.42. The number of hydrogen-bond donors (Lipinski definition) is 1. The quantitative estimate of drug-likeness (QED) is 0.814. The average molecular weight is 253 g/mol. The van der Waals surface area contributed by atoms with E-state index in [1.807, 2.05) is 0 Å². The van der Waals surface area contributed by atoms with Crippen LogP contribution in [0.4, 0.5) is 0 Å². The van der Waals surface area contributed by atoms with Crippen molar-refractivity contribution in [1.82, 2.24) is 0 Å². The molecular formula is C16H31NO. The topological polar surface area (TPSA) is 35.2 Å². The molecule has 2 heteroatoms. The molecule has 2 rings (SSSR count). The van der Waals surface area contributed by atoms with E-state index in [2.05, 4.69) is 27.7 Å². The molecule has 0 bridgehead atoms. The molecule has 1 heterocycles. The molecule has 106 valence electrons. The summed E-state index contributed by atoms with van der Waals surface area (Å²) in [6.07, 6.45) is 8.43. The van der Waals surface area contributed by atoms with E-state index in [1.165, 1.54) is 38.5 Å². The minimum atomic E-state index is 0.406. The Bertz CT molecular complexity index is 271. The first-order chi connectivity index (χ1) is 8.36. The molecule has 18 heavy (non-hydrogen) atoms. The van der Waals surface area contributed by atoms with E-state index < -0.39 is 0 Å². The molecule has 1 saturated carbocycles. The zero-order valence-electron chi connectivity index (χ0n) is 12.6. The van der Waals surface area contributed by atoms with Crippen LogP contribution in [0.1, 0.15) is 66.2 Å². The van der Waals surface area contributed by atoms with Gasteiger partial charge in [-0.2, -0.15) is 0 Å². The minimum absolute atomic E-state index is 0.406. The van der Waals surface area contributed by atoms with Crippen LogP contribution in [0.15, 0.2) is 0 Å². The first-order valence-electron chi connectivity index (χ1n) is 7.77. The van der Waals surface area contributed by atoms with Gasteiger partial charge in [-0.1, -0.05) is 20.8 Å². The van der Waals surface area contributed by atoms with E-state index in [0.717, 1.165) is 5.92 Å². The predicted octanol–water partition coefficient (Wildman–Crippen LogP) is 3.73. The Labute approximate surface area is 113 Å². The SMILES string of the molecule is CC1CCC(CC2CC(C(C)(C)C)CCC2N)O1. The van der Waals surface area contributed by atoms with Gasteiger partial charge in [0.05, 0.1) is 12.2 Å². The van der Waals surface area contributed by atoms with Gasteiger partial charge in [0.1, 0.15) is 0 Å². The summed E-state index contributed by atoms with van der Waals surface area (Å²) >= 11 is 0. The Morgan fingerprint density at radius 1 is 1.11 bits per heavy atom. The van der Waals surface area contributed by atoms with E-state index in [-0.39, 0.29) is 0 Å². The number of hydrogen-bond acceptors (Lipinski definition) is 2. The molecule has 0 aromatic carbocycles. The lowest BCUT2D eigenvalue weighted by Crippen LogP contribution is -2.41. The molecule has 2 nitrogen and oxygen atoms in total. The van der Waals surface area contributed by atoms with Crippen molar-refractivity contribution in [3.8, 4) is 0 Å². The zero-order chi connectivity index (χ0) is 13.3. The van der Waals surface area contributed by atoms with Crippen molar-refractivity contribution in [2.45, 2.75) is 84.5 Å². The van der Waals surface area contributed by atoms with Gasteiger partial charge >= 0.3 is 0 Å². The molecule has 5 unspecified atom stereocenters. The van der Waals surface area contributed by atoms with Crippen LogP contribution in [0, 0.1) is 17.3 Å².